The van der Waals surface area contributed by atoms with Crippen LogP contribution in [0.4, 0.5) is 0 Å². The Bertz CT molecular complexity index is 1460. The lowest BCUT2D eigenvalue weighted by molar-refractivity contribution is 0.0688. The van der Waals surface area contributed by atoms with Gasteiger partial charge in [0.2, 0.25) is 0 Å². The zero-order chi connectivity index (χ0) is 23.7. The number of carbonyl (C=O) groups is 1. The van der Waals surface area contributed by atoms with E-state index in [2.05, 4.69) is 17.0 Å². The van der Waals surface area contributed by atoms with Crippen LogP contribution in [0.1, 0.15) is 55.6 Å². The molecule has 0 radical (unpaired) electrons. The van der Waals surface area contributed by atoms with Gasteiger partial charge in [-0.1, -0.05) is 50.1 Å². The highest BCUT2D eigenvalue weighted by Gasteiger charge is 2.28. The number of H-pyrrole nitrogens is 1. The molecule has 1 fully saturated rings. The number of fused-ring (bicyclic) bond motifs is 2. The van der Waals surface area contributed by atoms with Gasteiger partial charge >= 0.3 is 5.69 Å². The fourth-order valence-electron chi connectivity index (χ4n) is 4.97. The number of hydrogen-bond acceptors (Lipinski definition) is 4. The maximum Gasteiger partial charge on any atom is 0.326 e. The van der Waals surface area contributed by atoms with Crippen molar-refractivity contribution in [3.8, 4) is 0 Å². The van der Waals surface area contributed by atoms with Crippen molar-refractivity contribution >= 4 is 27.7 Å². The van der Waals surface area contributed by atoms with Crippen molar-refractivity contribution in [1.29, 1.82) is 0 Å². The van der Waals surface area contributed by atoms with Crippen LogP contribution in [-0.4, -0.2) is 43.2 Å². The first-order chi connectivity index (χ1) is 16.6. The number of likely N-dealkylation sites (tertiary alicyclic amines) is 1. The summed E-state index contributed by atoms with van der Waals surface area (Å²) < 4.78 is 3.27. The van der Waals surface area contributed by atoms with Crippen LogP contribution >= 0.6 is 0 Å². The van der Waals surface area contributed by atoms with Gasteiger partial charge in [0.1, 0.15) is 0 Å². The number of hydrogen-bond donors (Lipinski definition) is 1. The standard InChI is InChI=1S/C26H29N5O3/c1-2-3-8-15-30-24(32)20-10-5-4-9-19(20)23(28-30)25(33)29-16-13-18(14-17-29)31-22-12-7-6-11-21(22)27-26(31)34/h4-7,9-12,18H,2-3,8,13-17H2,1H3,(H,27,34). The highest BCUT2D eigenvalue weighted by atomic mass is 16.2. The Balaban J connectivity index is 1.41. The van der Waals surface area contributed by atoms with Crippen LogP contribution < -0.4 is 11.2 Å². The summed E-state index contributed by atoms with van der Waals surface area (Å²) in [6, 6.07) is 14.9. The Kier molecular flexibility index (Phi) is 6.04. The summed E-state index contributed by atoms with van der Waals surface area (Å²) in [6.07, 6.45) is 4.26. The number of aryl methyl sites for hydroxylation is 1. The second-order valence-electron chi connectivity index (χ2n) is 8.97. The van der Waals surface area contributed by atoms with Crippen molar-refractivity contribution in [3.63, 3.8) is 0 Å². The molecule has 8 nitrogen and oxygen atoms in total. The van der Waals surface area contributed by atoms with Gasteiger partial charge in [0.05, 0.1) is 16.4 Å². The van der Waals surface area contributed by atoms with Gasteiger partial charge in [0.25, 0.3) is 11.5 Å². The van der Waals surface area contributed by atoms with Crippen molar-refractivity contribution in [2.24, 2.45) is 0 Å². The highest BCUT2D eigenvalue weighted by Crippen LogP contribution is 2.26. The number of nitrogens with one attached hydrogen (secondary N) is 1. The monoisotopic (exact) mass is 459 g/mol. The molecule has 0 unspecified atom stereocenters. The van der Waals surface area contributed by atoms with Crippen molar-refractivity contribution in [1.82, 2.24) is 24.2 Å². The minimum absolute atomic E-state index is 0.0281. The molecule has 8 heteroatoms. The Morgan fingerprint density at radius 3 is 2.47 bits per heavy atom. The molecule has 0 saturated carbocycles. The van der Waals surface area contributed by atoms with Gasteiger partial charge in [0.15, 0.2) is 5.69 Å². The van der Waals surface area contributed by atoms with Crippen LogP contribution in [-0.2, 0) is 6.54 Å². The number of carbonyl (C=O) groups excluding carboxylic acids is 1. The van der Waals surface area contributed by atoms with E-state index < -0.39 is 0 Å². The second kappa shape index (κ2) is 9.29. The molecular weight excluding hydrogens is 430 g/mol. The van der Waals surface area contributed by atoms with E-state index in [4.69, 9.17) is 0 Å². The first kappa shape index (κ1) is 22.1. The van der Waals surface area contributed by atoms with Crippen molar-refractivity contribution < 1.29 is 4.79 Å². The van der Waals surface area contributed by atoms with Crippen LogP contribution in [0.25, 0.3) is 21.8 Å². The number of benzene rings is 2. The van der Waals surface area contributed by atoms with E-state index in [0.717, 1.165) is 30.3 Å². The Morgan fingerprint density at radius 1 is 1.00 bits per heavy atom. The molecule has 0 spiro atoms. The second-order valence-corrected chi connectivity index (χ2v) is 8.97. The molecule has 2 aromatic heterocycles. The van der Waals surface area contributed by atoms with Gasteiger partial charge < -0.3 is 9.88 Å². The zero-order valence-corrected chi connectivity index (χ0v) is 19.4. The Hall–Kier alpha value is -3.68. The Morgan fingerprint density at radius 2 is 1.71 bits per heavy atom. The van der Waals surface area contributed by atoms with Gasteiger partial charge in [-0.05, 0) is 37.5 Å². The fraction of sp³-hybridized carbons (Fsp3) is 0.385. The first-order valence-corrected chi connectivity index (χ1v) is 12.1. The molecule has 1 amide bonds. The van der Waals surface area contributed by atoms with E-state index in [0.29, 0.717) is 48.9 Å². The van der Waals surface area contributed by atoms with Crippen molar-refractivity contribution in [3.05, 3.63) is 75.1 Å². The molecule has 1 aliphatic rings. The SMILES string of the molecule is CCCCCn1nc(C(=O)N2CCC(n3c(=O)[nH]c4ccccc43)CC2)c2ccccc2c1=O. The number of piperidine rings is 1. The van der Waals surface area contributed by atoms with E-state index in [1.165, 1.54) is 4.68 Å². The summed E-state index contributed by atoms with van der Waals surface area (Å²) in [5.74, 6) is -0.162. The molecular formula is C26H29N5O3. The van der Waals surface area contributed by atoms with E-state index in [1.54, 1.807) is 17.0 Å². The van der Waals surface area contributed by atoms with Crippen LogP contribution in [0.2, 0.25) is 0 Å². The van der Waals surface area contributed by atoms with Crippen LogP contribution in [0.3, 0.4) is 0 Å². The molecule has 1 saturated heterocycles. The average molecular weight is 460 g/mol. The van der Waals surface area contributed by atoms with Gasteiger partial charge in [-0.25, -0.2) is 9.48 Å². The minimum atomic E-state index is -0.162. The van der Waals surface area contributed by atoms with Crippen LogP contribution in [0.15, 0.2) is 58.1 Å². The van der Waals surface area contributed by atoms with Gasteiger partial charge in [-0.3, -0.25) is 14.2 Å². The summed E-state index contributed by atoms with van der Waals surface area (Å²) in [5.41, 5.74) is 1.78. The molecule has 2 aromatic carbocycles. The van der Waals surface area contributed by atoms with Gasteiger partial charge in [-0.15, -0.1) is 0 Å². The average Bonchev–Trinajstić information content (AvgIpc) is 3.21. The fourth-order valence-corrected chi connectivity index (χ4v) is 4.97. The number of aromatic nitrogens is 4. The largest absolute Gasteiger partial charge is 0.337 e. The number of unbranched alkanes of at least 4 members (excludes halogenated alkanes) is 2. The maximum absolute atomic E-state index is 13.6. The molecule has 5 rings (SSSR count). The third kappa shape index (κ3) is 3.93. The van der Waals surface area contributed by atoms with Crippen molar-refractivity contribution in [2.75, 3.05) is 13.1 Å². The lowest BCUT2D eigenvalue weighted by Gasteiger charge is -2.32. The molecule has 0 atom stereocenters. The number of aromatic amines is 1. The number of nitrogens with zero attached hydrogens (tertiary/aromatic N) is 4. The first-order valence-electron chi connectivity index (χ1n) is 12.1. The predicted octanol–water partition coefficient (Wildman–Crippen LogP) is 3.71. The Labute approximate surface area is 196 Å². The smallest absolute Gasteiger partial charge is 0.326 e. The van der Waals surface area contributed by atoms with Crippen LogP contribution in [0, 0.1) is 0 Å². The van der Waals surface area contributed by atoms with Crippen molar-refractivity contribution in [2.45, 2.75) is 51.6 Å². The summed E-state index contributed by atoms with van der Waals surface area (Å²) in [4.78, 5) is 43.8. The lowest BCUT2D eigenvalue weighted by Crippen LogP contribution is -2.41. The summed E-state index contributed by atoms with van der Waals surface area (Å²) in [7, 11) is 0. The molecule has 1 N–H and O–H groups in total. The normalized spacial score (nSPS) is 14.8. The third-order valence-corrected chi connectivity index (χ3v) is 6.78. The number of amides is 1. The van der Waals surface area contributed by atoms with Gasteiger partial charge in [0, 0.05) is 31.1 Å². The lowest BCUT2D eigenvalue weighted by atomic mass is 10.0. The molecule has 34 heavy (non-hydrogen) atoms. The van der Waals surface area contributed by atoms with E-state index in [1.807, 2.05) is 41.0 Å². The molecule has 176 valence electrons. The summed E-state index contributed by atoms with van der Waals surface area (Å²) in [6.45, 7) is 3.67. The predicted molar refractivity (Wildman–Crippen MR) is 132 cm³/mol. The van der Waals surface area contributed by atoms with E-state index >= 15 is 0 Å². The molecule has 0 aliphatic carbocycles. The van der Waals surface area contributed by atoms with Crippen LogP contribution in [0.5, 0.6) is 0 Å². The maximum atomic E-state index is 13.6. The van der Waals surface area contributed by atoms with E-state index in [-0.39, 0.29) is 23.2 Å². The highest BCUT2D eigenvalue weighted by molar-refractivity contribution is 6.04. The van der Waals surface area contributed by atoms with E-state index in [9.17, 15) is 14.4 Å². The topological polar surface area (TPSA) is 93.0 Å². The quantitative estimate of drug-likeness (QED) is 0.445. The van der Waals surface area contributed by atoms with Gasteiger partial charge in [-0.2, -0.15) is 5.10 Å². The third-order valence-electron chi connectivity index (χ3n) is 6.78. The molecule has 1 aliphatic heterocycles. The number of para-hydroxylation sites is 2. The summed E-state index contributed by atoms with van der Waals surface area (Å²) >= 11 is 0. The summed E-state index contributed by atoms with van der Waals surface area (Å²) in [5, 5.41) is 5.65. The zero-order valence-electron chi connectivity index (χ0n) is 19.4. The molecule has 3 heterocycles. The minimum Gasteiger partial charge on any atom is -0.337 e. The number of rotatable bonds is 6. The number of imidazole rings is 1. The molecule has 0 bridgehead atoms. The molecule has 4 aromatic rings.